The first-order valence-corrected chi connectivity index (χ1v) is 7.62. The number of thiophene rings is 1. The third-order valence-electron chi connectivity index (χ3n) is 2.93. The van der Waals surface area contributed by atoms with E-state index in [-0.39, 0.29) is 0 Å². The Morgan fingerprint density at radius 3 is 2.84 bits per heavy atom. The first-order valence-electron chi connectivity index (χ1n) is 6.80. The third kappa shape index (κ3) is 3.42. The van der Waals surface area contributed by atoms with Gasteiger partial charge in [0.1, 0.15) is 16.5 Å². The highest BCUT2D eigenvalue weighted by molar-refractivity contribution is 7.18. The van der Waals surface area contributed by atoms with Crippen molar-refractivity contribution in [2.24, 2.45) is 0 Å². The fourth-order valence-electron chi connectivity index (χ4n) is 1.98. The van der Waals surface area contributed by atoms with E-state index < -0.39 is 0 Å². The lowest BCUT2D eigenvalue weighted by molar-refractivity contribution is 0.194. The molecular weight excluding hydrogens is 258 g/mol. The molecule has 4 nitrogen and oxygen atoms in total. The number of methoxy groups -OCH3 is 1. The van der Waals surface area contributed by atoms with Crippen molar-refractivity contribution in [3.05, 3.63) is 16.8 Å². The van der Waals surface area contributed by atoms with Gasteiger partial charge in [0.15, 0.2) is 0 Å². The van der Waals surface area contributed by atoms with E-state index in [0.29, 0.717) is 0 Å². The molecule has 0 unspecified atom stereocenters. The maximum Gasteiger partial charge on any atom is 0.138 e. The first kappa shape index (κ1) is 14.2. The Hall–Kier alpha value is -1.20. The number of aryl methyl sites for hydroxylation is 2. The summed E-state index contributed by atoms with van der Waals surface area (Å²) in [6.45, 7) is 5.89. The summed E-state index contributed by atoms with van der Waals surface area (Å²) in [5, 5.41) is 4.50. The van der Waals surface area contributed by atoms with Gasteiger partial charge >= 0.3 is 0 Å². The standard InChI is InChI=1S/C14H21N3OS/c1-4-10-9-11-13(15-5-2)16-12(7-6-8-18-3)17-14(11)19-10/h9H,4-8H2,1-3H3,(H,15,16,17). The summed E-state index contributed by atoms with van der Waals surface area (Å²) in [7, 11) is 1.72. The van der Waals surface area contributed by atoms with Crippen molar-refractivity contribution in [3.63, 3.8) is 0 Å². The highest BCUT2D eigenvalue weighted by Crippen LogP contribution is 2.29. The minimum absolute atomic E-state index is 0.753. The largest absolute Gasteiger partial charge is 0.385 e. The molecule has 0 amide bonds. The van der Waals surface area contributed by atoms with Crippen molar-refractivity contribution in [2.45, 2.75) is 33.1 Å². The molecule has 0 aromatic carbocycles. The van der Waals surface area contributed by atoms with Crippen LogP contribution in [0.3, 0.4) is 0 Å². The van der Waals surface area contributed by atoms with Gasteiger partial charge in [-0.3, -0.25) is 0 Å². The fraction of sp³-hybridized carbons (Fsp3) is 0.571. The van der Waals surface area contributed by atoms with Crippen LogP contribution in [0.2, 0.25) is 0 Å². The Morgan fingerprint density at radius 1 is 1.32 bits per heavy atom. The topological polar surface area (TPSA) is 47.0 Å². The van der Waals surface area contributed by atoms with Crippen LogP contribution >= 0.6 is 11.3 Å². The molecule has 1 N–H and O–H groups in total. The van der Waals surface area contributed by atoms with Gasteiger partial charge < -0.3 is 10.1 Å². The minimum atomic E-state index is 0.753. The number of hydrogen-bond acceptors (Lipinski definition) is 5. The van der Waals surface area contributed by atoms with E-state index in [2.05, 4.69) is 35.2 Å². The summed E-state index contributed by atoms with van der Waals surface area (Å²) >= 11 is 1.77. The average molecular weight is 279 g/mol. The van der Waals surface area contributed by atoms with Crippen molar-refractivity contribution in [2.75, 3.05) is 25.6 Å². The molecule has 0 saturated carbocycles. The zero-order chi connectivity index (χ0) is 13.7. The van der Waals surface area contributed by atoms with Crippen LogP contribution in [0.1, 0.15) is 31.0 Å². The van der Waals surface area contributed by atoms with Crippen LogP contribution < -0.4 is 5.32 Å². The molecule has 0 atom stereocenters. The van der Waals surface area contributed by atoms with Crippen LogP contribution in [-0.2, 0) is 17.6 Å². The van der Waals surface area contributed by atoms with Crippen LogP contribution in [0.5, 0.6) is 0 Å². The molecule has 0 radical (unpaired) electrons. The van der Waals surface area contributed by atoms with Crippen molar-refractivity contribution in [3.8, 4) is 0 Å². The predicted molar refractivity (Wildman–Crippen MR) is 81.2 cm³/mol. The summed E-state index contributed by atoms with van der Waals surface area (Å²) in [6.07, 6.45) is 2.87. The smallest absolute Gasteiger partial charge is 0.138 e. The quantitative estimate of drug-likeness (QED) is 0.790. The number of aromatic nitrogens is 2. The van der Waals surface area contributed by atoms with E-state index in [1.807, 2.05) is 0 Å². The highest BCUT2D eigenvalue weighted by atomic mass is 32.1. The Balaban J connectivity index is 2.32. The summed E-state index contributed by atoms with van der Waals surface area (Å²) < 4.78 is 5.08. The second-order valence-corrected chi connectivity index (χ2v) is 5.52. The second kappa shape index (κ2) is 6.82. The molecule has 0 fully saturated rings. The molecule has 2 aromatic rings. The fourth-order valence-corrected chi connectivity index (χ4v) is 2.96. The lowest BCUT2D eigenvalue weighted by atomic mass is 10.2. The Labute approximate surface area is 118 Å². The zero-order valence-electron chi connectivity index (χ0n) is 11.8. The van der Waals surface area contributed by atoms with Crippen LogP contribution in [0.4, 0.5) is 5.82 Å². The Morgan fingerprint density at radius 2 is 2.16 bits per heavy atom. The third-order valence-corrected chi connectivity index (χ3v) is 4.10. The molecule has 0 aliphatic rings. The maximum atomic E-state index is 5.08. The van der Waals surface area contributed by atoms with Crippen molar-refractivity contribution in [1.82, 2.24) is 9.97 Å². The van der Waals surface area contributed by atoms with Gasteiger partial charge in [0.2, 0.25) is 0 Å². The molecule has 0 aliphatic heterocycles. The summed E-state index contributed by atoms with van der Waals surface area (Å²) in [4.78, 5) is 11.8. The minimum Gasteiger partial charge on any atom is -0.385 e. The van der Waals surface area contributed by atoms with Gasteiger partial charge in [0.05, 0.1) is 5.39 Å². The molecule has 5 heteroatoms. The maximum absolute atomic E-state index is 5.08. The number of hydrogen-bond donors (Lipinski definition) is 1. The normalized spacial score (nSPS) is 11.1. The molecule has 19 heavy (non-hydrogen) atoms. The van der Waals surface area contributed by atoms with Gasteiger partial charge in [-0.2, -0.15) is 0 Å². The lowest BCUT2D eigenvalue weighted by Crippen LogP contribution is -2.04. The van der Waals surface area contributed by atoms with E-state index in [0.717, 1.165) is 54.3 Å². The number of anilines is 1. The SMILES string of the molecule is CCNc1nc(CCCOC)nc2sc(CC)cc12. The van der Waals surface area contributed by atoms with Crippen LogP contribution in [-0.4, -0.2) is 30.2 Å². The molecule has 2 aromatic heterocycles. The van der Waals surface area contributed by atoms with E-state index >= 15 is 0 Å². The highest BCUT2D eigenvalue weighted by Gasteiger charge is 2.10. The van der Waals surface area contributed by atoms with Crippen molar-refractivity contribution >= 4 is 27.4 Å². The molecule has 0 bridgehead atoms. The molecule has 0 spiro atoms. The van der Waals surface area contributed by atoms with Crippen molar-refractivity contribution < 1.29 is 4.74 Å². The van der Waals surface area contributed by atoms with Crippen molar-refractivity contribution in [1.29, 1.82) is 0 Å². The molecular formula is C14H21N3OS. The number of rotatable bonds is 7. The van der Waals surface area contributed by atoms with Gasteiger partial charge in [-0.1, -0.05) is 6.92 Å². The molecule has 104 valence electrons. The number of nitrogens with one attached hydrogen (secondary N) is 1. The van der Waals surface area contributed by atoms with E-state index in [1.54, 1.807) is 18.4 Å². The molecule has 0 saturated heterocycles. The zero-order valence-corrected chi connectivity index (χ0v) is 12.6. The number of nitrogens with zero attached hydrogens (tertiary/aromatic N) is 2. The van der Waals surface area contributed by atoms with E-state index in [1.165, 1.54) is 4.88 Å². The van der Waals surface area contributed by atoms with E-state index in [9.17, 15) is 0 Å². The average Bonchev–Trinajstić information content (AvgIpc) is 2.83. The predicted octanol–water partition coefficient (Wildman–Crippen LogP) is 3.26. The lowest BCUT2D eigenvalue weighted by Gasteiger charge is -2.06. The van der Waals surface area contributed by atoms with Gasteiger partial charge in [-0.15, -0.1) is 11.3 Å². The molecule has 0 aliphatic carbocycles. The Kier molecular flexibility index (Phi) is 5.10. The van der Waals surface area contributed by atoms with Gasteiger partial charge in [-0.25, -0.2) is 9.97 Å². The number of ether oxygens (including phenoxy) is 1. The van der Waals surface area contributed by atoms with Crippen LogP contribution in [0.15, 0.2) is 6.07 Å². The monoisotopic (exact) mass is 279 g/mol. The second-order valence-electron chi connectivity index (χ2n) is 4.40. The van der Waals surface area contributed by atoms with Gasteiger partial charge in [0.25, 0.3) is 0 Å². The van der Waals surface area contributed by atoms with E-state index in [4.69, 9.17) is 4.74 Å². The Bertz CT molecular complexity index is 539. The number of fused-ring (bicyclic) bond motifs is 1. The summed E-state index contributed by atoms with van der Waals surface area (Å²) in [5.74, 6) is 1.88. The summed E-state index contributed by atoms with van der Waals surface area (Å²) in [5.41, 5.74) is 0. The first-order chi connectivity index (χ1) is 9.28. The van der Waals surface area contributed by atoms with Gasteiger partial charge in [0, 0.05) is 31.6 Å². The van der Waals surface area contributed by atoms with Gasteiger partial charge in [-0.05, 0) is 25.8 Å². The van der Waals surface area contributed by atoms with Crippen LogP contribution in [0, 0.1) is 0 Å². The molecule has 2 heterocycles. The molecule has 2 rings (SSSR count). The summed E-state index contributed by atoms with van der Waals surface area (Å²) in [6, 6.07) is 2.21. The van der Waals surface area contributed by atoms with Crippen LogP contribution in [0.25, 0.3) is 10.2 Å².